The normalized spacial score (nSPS) is 13.9. The maximum absolute atomic E-state index is 10.1. The Kier molecular flexibility index (Phi) is 5.89. The van der Waals surface area contributed by atoms with Crippen molar-refractivity contribution < 1.29 is 14.6 Å². The van der Waals surface area contributed by atoms with Gasteiger partial charge in [-0.15, -0.1) is 5.92 Å². The van der Waals surface area contributed by atoms with Crippen molar-refractivity contribution in [1.82, 2.24) is 0 Å². The van der Waals surface area contributed by atoms with Gasteiger partial charge in [0.15, 0.2) is 0 Å². The van der Waals surface area contributed by atoms with E-state index >= 15 is 0 Å². The predicted molar refractivity (Wildman–Crippen MR) is 54.4 cm³/mol. The van der Waals surface area contributed by atoms with Crippen LogP contribution in [-0.2, 0) is 4.74 Å². The zero-order valence-corrected chi connectivity index (χ0v) is 9.16. The zero-order valence-electron chi connectivity index (χ0n) is 7.00. The van der Waals surface area contributed by atoms with Gasteiger partial charge in [-0.25, -0.2) is 4.79 Å². The van der Waals surface area contributed by atoms with Gasteiger partial charge in [0, 0.05) is 3.92 Å². The van der Waals surface area contributed by atoms with E-state index in [9.17, 15) is 4.79 Å². The molecule has 0 saturated heterocycles. The third-order valence-corrected chi connectivity index (χ3v) is 2.14. The lowest BCUT2D eigenvalue weighted by atomic mass is 10.1. The Hall–Kier alpha value is -0.440. The Labute approximate surface area is 85.6 Å². The van der Waals surface area contributed by atoms with Gasteiger partial charge in [-0.1, -0.05) is 35.4 Å². The van der Waals surface area contributed by atoms with Gasteiger partial charge >= 0.3 is 6.16 Å². The van der Waals surface area contributed by atoms with Gasteiger partial charge in [-0.2, -0.15) is 0 Å². The van der Waals surface area contributed by atoms with Crippen molar-refractivity contribution >= 4 is 28.7 Å². The van der Waals surface area contributed by atoms with Crippen LogP contribution < -0.4 is 0 Å². The number of ether oxygens (including phenoxy) is 1. The quantitative estimate of drug-likeness (QED) is 0.373. The predicted octanol–water partition coefficient (Wildman–Crippen LogP) is 2.14. The molecule has 1 N–H and O–H groups in total. The Morgan fingerprint density at radius 2 is 2.33 bits per heavy atom. The Morgan fingerprint density at radius 3 is 2.67 bits per heavy atom. The number of carbonyl (C=O) groups is 1. The van der Waals surface area contributed by atoms with Crippen LogP contribution in [0.3, 0.4) is 0 Å². The fourth-order valence-electron chi connectivity index (χ4n) is 0.636. The molecular formula is C8H11IO3. The van der Waals surface area contributed by atoms with E-state index in [0.717, 1.165) is 0 Å². The maximum Gasteiger partial charge on any atom is 0.505 e. The van der Waals surface area contributed by atoms with E-state index in [1.54, 1.807) is 6.92 Å². The standard InChI is InChI=1S/C8H11IO3/c1-3-4-7(6(2)9)5-12-8(10)11/h6-7H,5H2,1-2H3,(H,10,11). The average molecular weight is 282 g/mol. The summed E-state index contributed by atoms with van der Waals surface area (Å²) in [5.74, 6) is 5.63. The minimum Gasteiger partial charge on any atom is -0.450 e. The number of carboxylic acid groups (broad SMARTS) is 1. The van der Waals surface area contributed by atoms with Crippen LogP contribution in [-0.4, -0.2) is 21.8 Å². The lowest BCUT2D eigenvalue weighted by Crippen LogP contribution is -2.17. The number of halogens is 1. The van der Waals surface area contributed by atoms with Gasteiger partial charge in [0.25, 0.3) is 0 Å². The molecule has 0 heterocycles. The fraction of sp³-hybridized carbons (Fsp3) is 0.625. The lowest BCUT2D eigenvalue weighted by Gasteiger charge is -2.11. The summed E-state index contributed by atoms with van der Waals surface area (Å²) in [6.45, 7) is 3.86. The molecular weight excluding hydrogens is 271 g/mol. The summed E-state index contributed by atoms with van der Waals surface area (Å²) in [7, 11) is 0. The monoisotopic (exact) mass is 282 g/mol. The van der Waals surface area contributed by atoms with Gasteiger partial charge in [0.1, 0.15) is 6.61 Å². The molecule has 0 fully saturated rings. The molecule has 0 rings (SSSR count). The molecule has 0 spiro atoms. The molecule has 0 saturated carbocycles. The first-order chi connectivity index (χ1) is 5.57. The van der Waals surface area contributed by atoms with Gasteiger partial charge in [0.05, 0.1) is 5.92 Å². The third kappa shape index (κ3) is 5.24. The molecule has 2 unspecified atom stereocenters. The van der Waals surface area contributed by atoms with Crippen LogP contribution >= 0.6 is 22.6 Å². The minimum atomic E-state index is -1.24. The summed E-state index contributed by atoms with van der Waals surface area (Å²) >= 11 is 2.20. The van der Waals surface area contributed by atoms with E-state index in [1.165, 1.54) is 0 Å². The van der Waals surface area contributed by atoms with E-state index < -0.39 is 6.16 Å². The minimum absolute atomic E-state index is 0.00769. The molecule has 0 bridgehead atoms. The topological polar surface area (TPSA) is 46.5 Å². The Balaban J connectivity index is 3.93. The van der Waals surface area contributed by atoms with Crippen molar-refractivity contribution in [1.29, 1.82) is 0 Å². The molecule has 0 aromatic rings. The molecule has 0 radical (unpaired) electrons. The molecule has 12 heavy (non-hydrogen) atoms. The highest BCUT2D eigenvalue weighted by Gasteiger charge is 2.13. The van der Waals surface area contributed by atoms with Crippen molar-refractivity contribution in [2.45, 2.75) is 17.8 Å². The van der Waals surface area contributed by atoms with E-state index in [4.69, 9.17) is 5.11 Å². The van der Waals surface area contributed by atoms with Crippen LogP contribution in [0.4, 0.5) is 4.79 Å². The molecule has 0 aliphatic carbocycles. The molecule has 0 aromatic heterocycles. The summed E-state index contributed by atoms with van der Waals surface area (Å²) in [6, 6.07) is 0. The Morgan fingerprint density at radius 1 is 1.75 bits per heavy atom. The van der Waals surface area contributed by atoms with Crippen molar-refractivity contribution in [3.8, 4) is 11.8 Å². The molecule has 0 aromatic carbocycles. The number of hydrogen-bond acceptors (Lipinski definition) is 2. The van der Waals surface area contributed by atoms with Gasteiger partial charge in [0.2, 0.25) is 0 Å². The summed E-state index contributed by atoms with van der Waals surface area (Å²) in [6.07, 6.45) is -1.24. The molecule has 2 atom stereocenters. The van der Waals surface area contributed by atoms with Gasteiger partial charge in [-0.05, 0) is 6.92 Å². The first-order valence-corrected chi connectivity index (χ1v) is 4.74. The second-order valence-electron chi connectivity index (χ2n) is 2.26. The highest BCUT2D eigenvalue weighted by molar-refractivity contribution is 14.1. The second kappa shape index (κ2) is 6.12. The van der Waals surface area contributed by atoms with Crippen LogP contribution in [0, 0.1) is 17.8 Å². The maximum atomic E-state index is 10.1. The zero-order chi connectivity index (χ0) is 9.56. The summed E-state index contributed by atoms with van der Waals surface area (Å²) in [5.41, 5.74) is 0. The first-order valence-electron chi connectivity index (χ1n) is 3.50. The van der Waals surface area contributed by atoms with E-state index in [1.807, 2.05) is 6.92 Å². The van der Waals surface area contributed by atoms with E-state index in [-0.39, 0.29) is 16.4 Å². The highest BCUT2D eigenvalue weighted by atomic mass is 127. The second-order valence-corrected chi connectivity index (χ2v) is 4.22. The van der Waals surface area contributed by atoms with Crippen LogP contribution in [0.15, 0.2) is 0 Å². The number of alkyl halides is 1. The SMILES string of the molecule is CC#CC(COC(=O)O)C(C)I. The molecule has 4 heteroatoms. The fourth-order valence-corrected chi connectivity index (χ4v) is 1.02. The average Bonchev–Trinajstić information content (AvgIpc) is 1.96. The van der Waals surface area contributed by atoms with Crippen LogP contribution in [0.1, 0.15) is 13.8 Å². The lowest BCUT2D eigenvalue weighted by molar-refractivity contribution is 0.0842. The van der Waals surface area contributed by atoms with Crippen LogP contribution in [0.5, 0.6) is 0 Å². The molecule has 68 valence electrons. The highest BCUT2D eigenvalue weighted by Crippen LogP contribution is 2.12. The van der Waals surface area contributed by atoms with E-state index in [0.29, 0.717) is 0 Å². The first kappa shape index (κ1) is 11.6. The van der Waals surface area contributed by atoms with Crippen LogP contribution in [0.25, 0.3) is 0 Å². The summed E-state index contributed by atoms with van der Waals surface area (Å²) in [5, 5.41) is 8.24. The number of rotatable bonds is 3. The van der Waals surface area contributed by atoms with E-state index in [2.05, 4.69) is 39.2 Å². The molecule has 0 amide bonds. The number of hydrogen-bond donors (Lipinski definition) is 1. The van der Waals surface area contributed by atoms with Crippen molar-refractivity contribution in [2.24, 2.45) is 5.92 Å². The molecule has 3 nitrogen and oxygen atoms in total. The van der Waals surface area contributed by atoms with Crippen LogP contribution in [0.2, 0.25) is 0 Å². The molecule has 0 aliphatic rings. The van der Waals surface area contributed by atoms with Crippen molar-refractivity contribution in [3.05, 3.63) is 0 Å². The summed E-state index contributed by atoms with van der Waals surface area (Å²) in [4.78, 5) is 10.1. The molecule has 0 aliphatic heterocycles. The van der Waals surface area contributed by atoms with Crippen molar-refractivity contribution in [2.75, 3.05) is 6.61 Å². The largest absolute Gasteiger partial charge is 0.505 e. The summed E-state index contributed by atoms with van der Waals surface area (Å²) < 4.78 is 4.71. The Bertz CT molecular complexity index is 202. The van der Waals surface area contributed by atoms with Crippen molar-refractivity contribution in [3.63, 3.8) is 0 Å². The van der Waals surface area contributed by atoms with Gasteiger partial charge in [-0.3, -0.25) is 0 Å². The van der Waals surface area contributed by atoms with Gasteiger partial charge < -0.3 is 9.84 Å². The third-order valence-electron chi connectivity index (χ3n) is 1.27. The smallest absolute Gasteiger partial charge is 0.450 e.